The van der Waals surface area contributed by atoms with Gasteiger partial charge in [-0.3, -0.25) is 4.90 Å². The summed E-state index contributed by atoms with van der Waals surface area (Å²) in [6.07, 6.45) is 1.07. The highest BCUT2D eigenvalue weighted by molar-refractivity contribution is 7.32. The van der Waals surface area contributed by atoms with Gasteiger partial charge in [0.25, 0.3) is 0 Å². The zero-order chi connectivity index (χ0) is 16.8. The van der Waals surface area contributed by atoms with Crippen molar-refractivity contribution >= 4 is 8.25 Å². The molecule has 0 fully saturated rings. The molecule has 0 bridgehead atoms. The van der Waals surface area contributed by atoms with Gasteiger partial charge in [0.2, 0.25) is 0 Å². The molecular formula is C13H29NO7P+. The monoisotopic (exact) mass is 342 g/mol. The van der Waals surface area contributed by atoms with Gasteiger partial charge >= 0.3 is 8.25 Å². The van der Waals surface area contributed by atoms with Gasteiger partial charge in [0.05, 0.1) is 39.6 Å². The first-order valence-electron chi connectivity index (χ1n) is 7.53. The molecule has 9 heteroatoms. The Bertz CT molecular complexity index is 278. The molecular weight excluding hydrogens is 313 g/mol. The maximum atomic E-state index is 11.2. The van der Waals surface area contributed by atoms with Crippen LogP contribution in [0.4, 0.5) is 0 Å². The highest BCUT2D eigenvalue weighted by atomic mass is 31.1. The molecule has 0 aromatic heterocycles. The van der Waals surface area contributed by atoms with Crippen molar-refractivity contribution in [1.82, 2.24) is 4.90 Å². The Morgan fingerprint density at radius 2 is 1.41 bits per heavy atom. The third-order valence-corrected chi connectivity index (χ3v) is 3.91. The lowest BCUT2D eigenvalue weighted by Gasteiger charge is -2.37. The molecule has 0 amide bonds. The van der Waals surface area contributed by atoms with Gasteiger partial charge in [-0.2, -0.15) is 0 Å². The smallest absolute Gasteiger partial charge is 0.394 e. The summed E-state index contributed by atoms with van der Waals surface area (Å²) < 4.78 is 27.0. The molecule has 0 radical (unpaired) electrons. The van der Waals surface area contributed by atoms with Crippen molar-refractivity contribution in [2.75, 3.05) is 52.7 Å². The van der Waals surface area contributed by atoms with Gasteiger partial charge in [-0.25, -0.2) is 0 Å². The molecule has 0 aromatic carbocycles. The molecule has 0 aromatic rings. The summed E-state index contributed by atoms with van der Waals surface area (Å²) in [5.41, 5.74) is -0.868. The van der Waals surface area contributed by atoms with E-state index in [1.807, 2.05) is 18.7 Å². The van der Waals surface area contributed by atoms with Crippen molar-refractivity contribution < 1.29 is 33.7 Å². The zero-order valence-corrected chi connectivity index (χ0v) is 14.3. The summed E-state index contributed by atoms with van der Waals surface area (Å²) in [5.74, 6) is 0. The standard InChI is InChI=1S/C13H28NO7P/c1-3-13(4-2,21-22(17)18)14(5-9-19-11-7-15)6-10-20-12-8-16/h15-16H,3-12H2,1-2H3/p+1. The summed E-state index contributed by atoms with van der Waals surface area (Å²) in [4.78, 5) is 11.1. The van der Waals surface area contributed by atoms with Gasteiger partial charge in [0.1, 0.15) is 0 Å². The lowest BCUT2D eigenvalue weighted by molar-refractivity contribution is -0.109. The molecule has 1 unspecified atom stereocenters. The van der Waals surface area contributed by atoms with Gasteiger partial charge in [-0.15, -0.1) is 4.89 Å². The Balaban J connectivity index is 4.75. The molecule has 0 spiro atoms. The lowest BCUT2D eigenvalue weighted by Crippen LogP contribution is -2.51. The van der Waals surface area contributed by atoms with Crippen molar-refractivity contribution in [2.45, 2.75) is 32.4 Å². The minimum Gasteiger partial charge on any atom is -0.394 e. The Morgan fingerprint density at radius 1 is 0.955 bits per heavy atom. The summed E-state index contributed by atoms with van der Waals surface area (Å²) >= 11 is 0. The Hall–Kier alpha value is -0.180. The van der Waals surface area contributed by atoms with Crippen molar-refractivity contribution in [1.29, 1.82) is 0 Å². The van der Waals surface area contributed by atoms with E-state index in [0.29, 0.717) is 39.1 Å². The van der Waals surface area contributed by atoms with E-state index in [9.17, 15) is 4.57 Å². The van der Waals surface area contributed by atoms with Crippen LogP contribution in [0.2, 0.25) is 0 Å². The third kappa shape index (κ3) is 8.45. The topological polar surface area (TPSA) is 109 Å². The van der Waals surface area contributed by atoms with Crippen LogP contribution in [-0.2, 0) is 18.6 Å². The van der Waals surface area contributed by atoms with Crippen LogP contribution in [0, 0.1) is 0 Å². The maximum Gasteiger partial charge on any atom is 0.696 e. The molecule has 1 atom stereocenters. The molecule has 0 aliphatic carbocycles. The Morgan fingerprint density at radius 3 is 1.73 bits per heavy atom. The van der Waals surface area contributed by atoms with Gasteiger partial charge in [-0.05, 0) is 12.8 Å². The quantitative estimate of drug-likeness (QED) is 0.224. The van der Waals surface area contributed by atoms with Crippen LogP contribution in [0.5, 0.6) is 0 Å². The number of hydrogen-bond acceptors (Lipinski definition) is 7. The normalized spacial score (nSPS) is 12.9. The van der Waals surface area contributed by atoms with Crippen LogP contribution in [0.3, 0.4) is 0 Å². The van der Waals surface area contributed by atoms with E-state index in [1.54, 1.807) is 0 Å². The fraction of sp³-hybridized carbons (Fsp3) is 1.00. The Kier molecular flexibility index (Phi) is 13.2. The van der Waals surface area contributed by atoms with Crippen molar-refractivity contribution in [2.24, 2.45) is 0 Å². The van der Waals surface area contributed by atoms with E-state index in [-0.39, 0.29) is 26.4 Å². The molecule has 0 rings (SSSR count). The number of rotatable bonds is 15. The second-order valence-corrected chi connectivity index (χ2v) is 5.30. The van der Waals surface area contributed by atoms with Crippen LogP contribution in [-0.4, -0.2) is 78.5 Å². The fourth-order valence-corrected chi connectivity index (χ4v) is 2.90. The van der Waals surface area contributed by atoms with Crippen LogP contribution >= 0.6 is 8.25 Å². The second kappa shape index (κ2) is 13.3. The Labute approximate surface area is 132 Å². The SMILES string of the molecule is CCC(CC)(O[P+](=O)O)N(CCOCCO)CCOCCO. The molecule has 0 heterocycles. The van der Waals surface area contributed by atoms with Crippen molar-refractivity contribution in [3.05, 3.63) is 0 Å². The average molecular weight is 342 g/mol. The van der Waals surface area contributed by atoms with E-state index in [2.05, 4.69) is 0 Å². The molecule has 0 aliphatic heterocycles. The highest BCUT2D eigenvalue weighted by Gasteiger charge is 2.42. The summed E-state index contributed by atoms with van der Waals surface area (Å²) in [6.45, 7) is 5.86. The van der Waals surface area contributed by atoms with E-state index in [1.165, 1.54) is 0 Å². The number of hydrogen-bond donors (Lipinski definition) is 3. The minimum absolute atomic E-state index is 0.0503. The third-order valence-electron chi connectivity index (χ3n) is 3.41. The van der Waals surface area contributed by atoms with Gasteiger partial charge in [-0.1, -0.05) is 18.4 Å². The predicted molar refractivity (Wildman–Crippen MR) is 81.6 cm³/mol. The first-order valence-corrected chi connectivity index (χ1v) is 8.66. The molecule has 0 aliphatic rings. The largest absolute Gasteiger partial charge is 0.696 e. The molecule has 132 valence electrons. The summed E-state index contributed by atoms with van der Waals surface area (Å²) in [5, 5.41) is 17.4. The molecule has 8 nitrogen and oxygen atoms in total. The lowest BCUT2D eigenvalue weighted by atomic mass is 10.1. The van der Waals surface area contributed by atoms with Crippen LogP contribution < -0.4 is 0 Å². The first-order chi connectivity index (χ1) is 10.6. The van der Waals surface area contributed by atoms with Crippen molar-refractivity contribution in [3.8, 4) is 0 Å². The highest BCUT2D eigenvalue weighted by Crippen LogP contribution is 2.34. The zero-order valence-electron chi connectivity index (χ0n) is 13.4. The molecule has 0 saturated heterocycles. The maximum absolute atomic E-state index is 11.2. The number of nitrogens with zero attached hydrogens (tertiary/aromatic N) is 1. The second-order valence-electron chi connectivity index (χ2n) is 4.64. The van der Waals surface area contributed by atoms with Gasteiger partial charge in [0, 0.05) is 17.7 Å². The van der Waals surface area contributed by atoms with Crippen molar-refractivity contribution in [3.63, 3.8) is 0 Å². The minimum atomic E-state index is -2.73. The summed E-state index contributed by atoms with van der Waals surface area (Å²) in [7, 11) is -2.73. The molecule has 22 heavy (non-hydrogen) atoms. The van der Waals surface area contributed by atoms with E-state index in [0.717, 1.165) is 0 Å². The van der Waals surface area contributed by atoms with E-state index >= 15 is 0 Å². The van der Waals surface area contributed by atoms with E-state index < -0.39 is 14.0 Å². The number of aliphatic hydroxyl groups is 2. The van der Waals surface area contributed by atoms with Crippen LogP contribution in [0.1, 0.15) is 26.7 Å². The average Bonchev–Trinajstić information content (AvgIpc) is 2.51. The van der Waals surface area contributed by atoms with Crippen LogP contribution in [0.15, 0.2) is 0 Å². The summed E-state index contributed by atoms with van der Waals surface area (Å²) in [6, 6.07) is 0. The number of aliphatic hydroxyl groups excluding tert-OH is 2. The predicted octanol–water partition coefficient (Wildman–Crippen LogP) is 0.489. The first kappa shape index (κ1) is 21.8. The van der Waals surface area contributed by atoms with E-state index in [4.69, 9.17) is 29.1 Å². The fourth-order valence-electron chi connectivity index (χ4n) is 2.23. The van der Waals surface area contributed by atoms with Gasteiger partial charge in [0.15, 0.2) is 5.72 Å². The number of ether oxygens (including phenoxy) is 2. The molecule has 3 N–H and O–H groups in total. The molecule has 0 saturated carbocycles. The van der Waals surface area contributed by atoms with Gasteiger partial charge < -0.3 is 19.7 Å². The van der Waals surface area contributed by atoms with Crippen LogP contribution in [0.25, 0.3) is 0 Å².